The van der Waals surface area contributed by atoms with Crippen molar-refractivity contribution in [1.29, 1.82) is 0 Å². The highest BCUT2D eigenvalue weighted by Crippen LogP contribution is 2.16. The molecule has 1 aromatic heterocycles. The van der Waals surface area contributed by atoms with E-state index in [0.29, 0.717) is 6.04 Å². The Morgan fingerprint density at radius 2 is 2.00 bits per heavy atom. The maximum atomic E-state index is 3.50. The van der Waals surface area contributed by atoms with Gasteiger partial charge in [0, 0.05) is 22.3 Å². The summed E-state index contributed by atoms with van der Waals surface area (Å²) in [5.41, 5.74) is 0. The SMILES string of the molecule is CCNC(C)CCNCc1ccc(CC)s1. The first-order valence-electron chi connectivity index (χ1n) is 6.28. The Balaban J connectivity index is 2.11. The first-order chi connectivity index (χ1) is 7.76. The number of thiophene rings is 1. The van der Waals surface area contributed by atoms with E-state index in [4.69, 9.17) is 0 Å². The number of hydrogen-bond donors (Lipinski definition) is 2. The molecule has 0 amide bonds. The molecule has 0 aliphatic heterocycles. The van der Waals surface area contributed by atoms with Crippen molar-refractivity contribution in [2.45, 2.75) is 46.2 Å². The Morgan fingerprint density at radius 3 is 2.62 bits per heavy atom. The molecule has 92 valence electrons. The van der Waals surface area contributed by atoms with Crippen molar-refractivity contribution in [2.24, 2.45) is 0 Å². The van der Waals surface area contributed by atoms with E-state index in [9.17, 15) is 0 Å². The molecular weight excluding hydrogens is 216 g/mol. The van der Waals surface area contributed by atoms with Gasteiger partial charge in [-0.3, -0.25) is 0 Å². The molecule has 2 nitrogen and oxygen atoms in total. The van der Waals surface area contributed by atoms with E-state index in [2.05, 4.69) is 43.5 Å². The second-order valence-corrected chi connectivity index (χ2v) is 5.40. The van der Waals surface area contributed by atoms with Crippen molar-refractivity contribution in [2.75, 3.05) is 13.1 Å². The third kappa shape index (κ3) is 5.10. The summed E-state index contributed by atoms with van der Waals surface area (Å²) in [5, 5.41) is 6.92. The Morgan fingerprint density at radius 1 is 1.25 bits per heavy atom. The van der Waals surface area contributed by atoms with Crippen LogP contribution in [0.5, 0.6) is 0 Å². The summed E-state index contributed by atoms with van der Waals surface area (Å²) in [4.78, 5) is 2.94. The van der Waals surface area contributed by atoms with Gasteiger partial charge in [0.2, 0.25) is 0 Å². The summed E-state index contributed by atoms with van der Waals surface area (Å²) in [5.74, 6) is 0. The molecule has 1 rings (SSSR count). The lowest BCUT2D eigenvalue weighted by Gasteiger charge is -2.12. The lowest BCUT2D eigenvalue weighted by Crippen LogP contribution is -2.29. The van der Waals surface area contributed by atoms with E-state index in [-0.39, 0.29) is 0 Å². The van der Waals surface area contributed by atoms with Crippen LogP contribution >= 0.6 is 11.3 Å². The molecule has 0 aliphatic carbocycles. The Labute approximate surface area is 103 Å². The predicted molar refractivity (Wildman–Crippen MR) is 73.2 cm³/mol. The first-order valence-corrected chi connectivity index (χ1v) is 7.09. The third-order valence-corrected chi connectivity index (χ3v) is 3.90. The molecule has 0 radical (unpaired) electrons. The molecule has 1 aromatic rings. The number of aryl methyl sites for hydroxylation is 1. The van der Waals surface area contributed by atoms with Gasteiger partial charge in [-0.15, -0.1) is 11.3 Å². The molecule has 0 spiro atoms. The largest absolute Gasteiger partial charge is 0.314 e. The Kier molecular flexibility index (Phi) is 6.69. The van der Waals surface area contributed by atoms with Crippen LogP contribution in [0.15, 0.2) is 12.1 Å². The van der Waals surface area contributed by atoms with Gasteiger partial charge in [0.1, 0.15) is 0 Å². The van der Waals surface area contributed by atoms with E-state index in [1.807, 2.05) is 11.3 Å². The summed E-state index contributed by atoms with van der Waals surface area (Å²) < 4.78 is 0. The minimum atomic E-state index is 0.618. The monoisotopic (exact) mass is 240 g/mol. The summed E-state index contributed by atoms with van der Waals surface area (Å²) in [7, 11) is 0. The number of rotatable bonds is 8. The molecule has 0 bridgehead atoms. The minimum Gasteiger partial charge on any atom is -0.314 e. The van der Waals surface area contributed by atoms with Gasteiger partial charge in [-0.1, -0.05) is 13.8 Å². The van der Waals surface area contributed by atoms with Crippen LogP contribution in [0.2, 0.25) is 0 Å². The molecule has 3 heteroatoms. The molecule has 16 heavy (non-hydrogen) atoms. The van der Waals surface area contributed by atoms with Crippen molar-refractivity contribution in [1.82, 2.24) is 10.6 Å². The highest BCUT2D eigenvalue weighted by Gasteiger charge is 2.00. The van der Waals surface area contributed by atoms with Gasteiger partial charge >= 0.3 is 0 Å². The minimum absolute atomic E-state index is 0.618. The molecular formula is C13H24N2S. The van der Waals surface area contributed by atoms with E-state index in [1.54, 1.807) is 0 Å². The van der Waals surface area contributed by atoms with E-state index in [0.717, 1.165) is 26.1 Å². The molecule has 0 fully saturated rings. The van der Waals surface area contributed by atoms with Crippen molar-refractivity contribution < 1.29 is 0 Å². The predicted octanol–water partition coefficient (Wildman–Crippen LogP) is 2.79. The normalized spacial score (nSPS) is 12.9. The number of hydrogen-bond acceptors (Lipinski definition) is 3. The van der Waals surface area contributed by atoms with E-state index in [1.165, 1.54) is 16.2 Å². The molecule has 1 unspecified atom stereocenters. The standard InChI is InChI=1S/C13H24N2S/c1-4-12-6-7-13(16-12)10-14-9-8-11(3)15-5-2/h6-7,11,14-15H,4-5,8-10H2,1-3H3. The number of nitrogens with one attached hydrogen (secondary N) is 2. The fourth-order valence-corrected chi connectivity index (χ4v) is 2.62. The highest BCUT2D eigenvalue weighted by molar-refractivity contribution is 7.11. The van der Waals surface area contributed by atoms with E-state index < -0.39 is 0 Å². The van der Waals surface area contributed by atoms with Crippen LogP contribution in [0.3, 0.4) is 0 Å². The van der Waals surface area contributed by atoms with Crippen LogP contribution in [0.4, 0.5) is 0 Å². The zero-order valence-corrected chi connectivity index (χ0v) is 11.5. The molecule has 2 N–H and O–H groups in total. The maximum absolute atomic E-state index is 3.50. The van der Waals surface area contributed by atoms with Crippen LogP contribution in [0.25, 0.3) is 0 Å². The Bertz CT molecular complexity index is 283. The van der Waals surface area contributed by atoms with Gasteiger partial charge in [0.25, 0.3) is 0 Å². The zero-order chi connectivity index (χ0) is 11.8. The summed E-state index contributed by atoms with van der Waals surface area (Å²) in [6.07, 6.45) is 2.35. The van der Waals surface area contributed by atoms with Crippen molar-refractivity contribution in [3.8, 4) is 0 Å². The second-order valence-electron chi connectivity index (χ2n) is 4.15. The van der Waals surface area contributed by atoms with Crippen LogP contribution in [-0.2, 0) is 13.0 Å². The zero-order valence-electron chi connectivity index (χ0n) is 10.7. The summed E-state index contributed by atoms with van der Waals surface area (Å²) in [6.45, 7) is 9.78. The average Bonchev–Trinajstić information content (AvgIpc) is 2.73. The quantitative estimate of drug-likeness (QED) is 0.683. The van der Waals surface area contributed by atoms with Crippen molar-refractivity contribution in [3.05, 3.63) is 21.9 Å². The van der Waals surface area contributed by atoms with Gasteiger partial charge in [0.15, 0.2) is 0 Å². The van der Waals surface area contributed by atoms with Crippen molar-refractivity contribution >= 4 is 11.3 Å². The lowest BCUT2D eigenvalue weighted by molar-refractivity contribution is 0.505. The lowest BCUT2D eigenvalue weighted by atomic mass is 10.2. The maximum Gasteiger partial charge on any atom is 0.0299 e. The molecule has 0 saturated heterocycles. The van der Waals surface area contributed by atoms with Crippen LogP contribution in [0, 0.1) is 0 Å². The first kappa shape index (κ1) is 13.7. The molecule has 1 heterocycles. The molecule has 1 atom stereocenters. The third-order valence-electron chi connectivity index (χ3n) is 2.67. The topological polar surface area (TPSA) is 24.1 Å². The molecule has 0 aliphatic rings. The summed E-state index contributed by atoms with van der Waals surface area (Å²) in [6, 6.07) is 5.10. The average molecular weight is 240 g/mol. The van der Waals surface area contributed by atoms with Gasteiger partial charge in [0.05, 0.1) is 0 Å². The summed E-state index contributed by atoms with van der Waals surface area (Å²) >= 11 is 1.92. The molecule has 0 saturated carbocycles. The van der Waals surface area contributed by atoms with Gasteiger partial charge < -0.3 is 10.6 Å². The van der Waals surface area contributed by atoms with Gasteiger partial charge in [-0.25, -0.2) is 0 Å². The van der Waals surface area contributed by atoms with E-state index >= 15 is 0 Å². The van der Waals surface area contributed by atoms with Crippen LogP contribution < -0.4 is 10.6 Å². The fourth-order valence-electron chi connectivity index (χ4n) is 1.69. The second kappa shape index (κ2) is 7.82. The fraction of sp³-hybridized carbons (Fsp3) is 0.692. The van der Waals surface area contributed by atoms with Gasteiger partial charge in [-0.2, -0.15) is 0 Å². The highest BCUT2D eigenvalue weighted by atomic mass is 32.1. The Hall–Kier alpha value is -0.380. The van der Waals surface area contributed by atoms with Crippen LogP contribution in [0.1, 0.15) is 36.9 Å². The molecule has 0 aromatic carbocycles. The van der Waals surface area contributed by atoms with Crippen LogP contribution in [-0.4, -0.2) is 19.1 Å². The smallest absolute Gasteiger partial charge is 0.0299 e. The van der Waals surface area contributed by atoms with Crippen molar-refractivity contribution in [3.63, 3.8) is 0 Å². The van der Waals surface area contributed by atoms with Gasteiger partial charge in [-0.05, 0) is 45.0 Å².